The maximum Gasteiger partial charge on any atom is 0.224 e. The predicted molar refractivity (Wildman–Crippen MR) is 90.1 cm³/mol. The summed E-state index contributed by atoms with van der Waals surface area (Å²) in [6, 6.07) is 6.68. The van der Waals surface area contributed by atoms with Gasteiger partial charge >= 0.3 is 0 Å². The fourth-order valence-corrected chi connectivity index (χ4v) is 3.48. The van der Waals surface area contributed by atoms with E-state index in [2.05, 4.69) is 22.1 Å². The van der Waals surface area contributed by atoms with Gasteiger partial charge in [0.2, 0.25) is 5.91 Å². The van der Waals surface area contributed by atoms with Crippen molar-refractivity contribution in [1.29, 1.82) is 0 Å². The number of ether oxygens (including phenoxy) is 1. The van der Waals surface area contributed by atoms with Crippen LogP contribution >= 0.6 is 23.1 Å². The highest BCUT2D eigenvalue weighted by Crippen LogP contribution is 2.18. The first-order valence-corrected chi connectivity index (χ1v) is 8.96. The van der Waals surface area contributed by atoms with Gasteiger partial charge < -0.3 is 10.1 Å². The lowest BCUT2D eigenvalue weighted by molar-refractivity contribution is -0.120. The maximum atomic E-state index is 13.5. The van der Waals surface area contributed by atoms with Crippen molar-refractivity contribution in [3.8, 4) is 5.75 Å². The zero-order chi connectivity index (χ0) is 15.8. The molecule has 0 aliphatic heterocycles. The van der Waals surface area contributed by atoms with Crippen molar-refractivity contribution in [1.82, 2.24) is 5.32 Å². The van der Waals surface area contributed by atoms with Crippen LogP contribution in [-0.2, 0) is 17.0 Å². The Kier molecular flexibility index (Phi) is 6.74. The van der Waals surface area contributed by atoms with E-state index in [-0.39, 0.29) is 18.1 Å². The third-order valence-corrected chi connectivity index (χ3v) is 4.76. The molecule has 2 aromatic rings. The molecule has 0 radical (unpaired) electrons. The monoisotopic (exact) mass is 339 g/mol. The first kappa shape index (κ1) is 16.8. The molecule has 1 N–H and O–H groups in total. The number of rotatable bonds is 8. The van der Waals surface area contributed by atoms with Gasteiger partial charge in [0.25, 0.3) is 0 Å². The second-order valence-electron chi connectivity index (χ2n) is 4.68. The van der Waals surface area contributed by atoms with Crippen molar-refractivity contribution < 1.29 is 13.9 Å². The summed E-state index contributed by atoms with van der Waals surface area (Å²) in [5.74, 6) is 1.47. The van der Waals surface area contributed by atoms with Crippen LogP contribution in [-0.4, -0.2) is 25.3 Å². The van der Waals surface area contributed by atoms with E-state index in [4.69, 9.17) is 4.74 Å². The minimum Gasteiger partial charge on any atom is -0.494 e. The standard InChI is InChI=1S/C16H18FNO2S2/c1-20-15-3-2-12(8-14(15)17)9-16(19)18-5-7-22-11-13-4-6-21-10-13/h2-4,6,8,10H,5,7,9,11H2,1H3,(H,18,19). The van der Waals surface area contributed by atoms with Crippen LogP contribution in [0.25, 0.3) is 0 Å². The van der Waals surface area contributed by atoms with E-state index in [1.807, 2.05) is 0 Å². The molecule has 0 saturated carbocycles. The molecule has 0 bridgehead atoms. The van der Waals surface area contributed by atoms with Crippen LogP contribution in [0.2, 0.25) is 0 Å². The van der Waals surface area contributed by atoms with Gasteiger partial charge in [0, 0.05) is 18.1 Å². The average Bonchev–Trinajstić information content (AvgIpc) is 3.00. The van der Waals surface area contributed by atoms with Crippen molar-refractivity contribution >= 4 is 29.0 Å². The Balaban J connectivity index is 1.66. The van der Waals surface area contributed by atoms with E-state index < -0.39 is 5.82 Å². The van der Waals surface area contributed by atoms with E-state index in [0.717, 1.165) is 11.5 Å². The Morgan fingerprint density at radius 1 is 1.36 bits per heavy atom. The average molecular weight is 339 g/mol. The predicted octanol–water partition coefficient (Wildman–Crippen LogP) is 3.49. The number of hydrogen-bond donors (Lipinski definition) is 1. The van der Waals surface area contributed by atoms with Crippen molar-refractivity contribution in [3.05, 3.63) is 52.0 Å². The molecular formula is C16H18FNO2S2. The molecule has 1 aromatic heterocycles. The van der Waals surface area contributed by atoms with Crippen LogP contribution in [0.3, 0.4) is 0 Å². The smallest absolute Gasteiger partial charge is 0.224 e. The van der Waals surface area contributed by atoms with Crippen molar-refractivity contribution in [3.63, 3.8) is 0 Å². The molecule has 118 valence electrons. The van der Waals surface area contributed by atoms with Gasteiger partial charge in [0.05, 0.1) is 13.5 Å². The van der Waals surface area contributed by atoms with Crippen LogP contribution in [0.15, 0.2) is 35.0 Å². The Morgan fingerprint density at radius 2 is 2.23 bits per heavy atom. The van der Waals surface area contributed by atoms with Gasteiger partial charge in [-0.1, -0.05) is 6.07 Å². The third kappa shape index (κ3) is 5.35. The number of carbonyl (C=O) groups is 1. The lowest BCUT2D eigenvalue weighted by Crippen LogP contribution is -2.27. The van der Waals surface area contributed by atoms with Gasteiger partial charge in [-0.2, -0.15) is 23.1 Å². The number of halogens is 1. The summed E-state index contributed by atoms with van der Waals surface area (Å²) in [5, 5.41) is 7.04. The zero-order valence-electron chi connectivity index (χ0n) is 12.3. The van der Waals surface area contributed by atoms with Gasteiger partial charge in [0.15, 0.2) is 11.6 Å². The molecule has 1 amide bonds. The SMILES string of the molecule is COc1ccc(CC(=O)NCCSCc2ccsc2)cc1F. The molecule has 0 fully saturated rings. The Bertz CT molecular complexity index is 602. The summed E-state index contributed by atoms with van der Waals surface area (Å²) in [7, 11) is 1.42. The number of methoxy groups -OCH3 is 1. The van der Waals surface area contributed by atoms with Crippen molar-refractivity contribution in [2.24, 2.45) is 0 Å². The summed E-state index contributed by atoms with van der Waals surface area (Å²) in [6.45, 7) is 0.617. The molecule has 3 nitrogen and oxygen atoms in total. The highest BCUT2D eigenvalue weighted by molar-refractivity contribution is 7.98. The summed E-state index contributed by atoms with van der Waals surface area (Å²) < 4.78 is 18.4. The number of nitrogens with one attached hydrogen (secondary N) is 1. The minimum absolute atomic E-state index is 0.0966. The Labute approximate surface area is 137 Å². The lowest BCUT2D eigenvalue weighted by Gasteiger charge is -2.07. The second kappa shape index (κ2) is 8.80. The topological polar surface area (TPSA) is 38.3 Å². The van der Waals surface area contributed by atoms with Crippen molar-refractivity contribution in [2.75, 3.05) is 19.4 Å². The number of thiophene rings is 1. The van der Waals surface area contributed by atoms with Gasteiger partial charge in [-0.15, -0.1) is 0 Å². The summed E-state index contributed by atoms with van der Waals surface area (Å²) >= 11 is 3.47. The molecule has 2 rings (SSSR count). The fraction of sp³-hybridized carbons (Fsp3) is 0.312. The summed E-state index contributed by atoms with van der Waals surface area (Å²) in [4.78, 5) is 11.8. The van der Waals surface area contributed by atoms with E-state index in [9.17, 15) is 9.18 Å². The third-order valence-electron chi connectivity index (χ3n) is 3.00. The molecule has 0 aliphatic carbocycles. The molecule has 1 aromatic carbocycles. The molecule has 6 heteroatoms. The molecule has 1 heterocycles. The molecule has 0 unspecified atom stereocenters. The molecular weight excluding hydrogens is 321 g/mol. The maximum absolute atomic E-state index is 13.5. The Hall–Kier alpha value is -1.53. The molecule has 0 aliphatic rings. The van der Waals surface area contributed by atoms with Crippen LogP contribution in [0, 0.1) is 5.82 Å². The van der Waals surface area contributed by atoms with Crippen LogP contribution in [0.1, 0.15) is 11.1 Å². The van der Waals surface area contributed by atoms with E-state index >= 15 is 0 Å². The zero-order valence-corrected chi connectivity index (χ0v) is 13.9. The number of hydrogen-bond acceptors (Lipinski definition) is 4. The number of carbonyl (C=O) groups excluding carboxylic acids is 1. The van der Waals surface area contributed by atoms with E-state index in [0.29, 0.717) is 12.1 Å². The van der Waals surface area contributed by atoms with Gasteiger partial charge in [0.1, 0.15) is 0 Å². The highest BCUT2D eigenvalue weighted by atomic mass is 32.2. The minimum atomic E-state index is -0.445. The van der Waals surface area contributed by atoms with Crippen LogP contribution < -0.4 is 10.1 Å². The van der Waals surface area contributed by atoms with Gasteiger partial charge in [-0.05, 0) is 40.1 Å². The number of benzene rings is 1. The van der Waals surface area contributed by atoms with Gasteiger partial charge in [-0.3, -0.25) is 4.79 Å². The highest BCUT2D eigenvalue weighted by Gasteiger charge is 2.07. The number of thioether (sulfide) groups is 1. The van der Waals surface area contributed by atoms with E-state index in [1.54, 1.807) is 29.2 Å². The molecule has 0 atom stereocenters. The summed E-state index contributed by atoms with van der Waals surface area (Å²) in [5.41, 5.74) is 1.96. The summed E-state index contributed by atoms with van der Waals surface area (Å²) in [6.07, 6.45) is 0.177. The normalized spacial score (nSPS) is 10.5. The molecule has 0 spiro atoms. The Morgan fingerprint density at radius 3 is 2.91 bits per heavy atom. The largest absolute Gasteiger partial charge is 0.494 e. The van der Waals surface area contributed by atoms with Gasteiger partial charge in [-0.25, -0.2) is 4.39 Å². The van der Waals surface area contributed by atoms with Crippen LogP contribution in [0.4, 0.5) is 4.39 Å². The fourth-order valence-electron chi connectivity index (χ4n) is 1.90. The quantitative estimate of drug-likeness (QED) is 0.748. The first-order chi connectivity index (χ1) is 10.7. The van der Waals surface area contributed by atoms with Crippen molar-refractivity contribution in [2.45, 2.75) is 12.2 Å². The van der Waals surface area contributed by atoms with E-state index in [1.165, 1.54) is 24.8 Å². The molecule has 22 heavy (non-hydrogen) atoms. The first-order valence-electron chi connectivity index (χ1n) is 6.87. The number of amides is 1. The lowest BCUT2D eigenvalue weighted by atomic mass is 10.1. The van der Waals surface area contributed by atoms with Crippen LogP contribution in [0.5, 0.6) is 5.75 Å². The second-order valence-corrected chi connectivity index (χ2v) is 6.57. The molecule has 0 saturated heterocycles.